The molecule has 0 radical (unpaired) electrons. The van der Waals surface area contributed by atoms with Crippen molar-refractivity contribution < 1.29 is 9.53 Å². The summed E-state index contributed by atoms with van der Waals surface area (Å²) in [6.07, 6.45) is 0. The van der Waals surface area contributed by atoms with E-state index in [1.807, 2.05) is 19.1 Å². The number of ether oxygens (including phenoxy) is 1. The lowest BCUT2D eigenvalue weighted by Crippen LogP contribution is -2.49. The third kappa shape index (κ3) is 4.48. The fourth-order valence-corrected chi connectivity index (χ4v) is 2.10. The summed E-state index contributed by atoms with van der Waals surface area (Å²) in [4.78, 5) is 12.3. The van der Waals surface area contributed by atoms with Gasteiger partial charge in [0.15, 0.2) is 5.54 Å². The Labute approximate surface area is 140 Å². The lowest BCUT2D eigenvalue weighted by atomic mass is 10.0. The van der Waals surface area contributed by atoms with Crippen LogP contribution >= 0.6 is 11.6 Å². The summed E-state index contributed by atoms with van der Waals surface area (Å²) in [5.41, 5.74) is 0.391. The predicted octanol–water partition coefficient (Wildman–Crippen LogP) is 3.74. The Kier molecular flexibility index (Phi) is 5.25. The van der Waals surface area contributed by atoms with Gasteiger partial charge in [0.2, 0.25) is 0 Å². The van der Waals surface area contributed by atoms with E-state index in [4.69, 9.17) is 16.3 Å². The maximum absolute atomic E-state index is 12.3. The summed E-state index contributed by atoms with van der Waals surface area (Å²) in [5.74, 6) is 0.150. The molecule has 2 rings (SSSR count). The Morgan fingerprint density at radius 3 is 2.52 bits per heavy atom. The Morgan fingerprint density at radius 2 is 1.91 bits per heavy atom. The molecule has 2 aromatic rings. The molecule has 0 saturated heterocycles. The molecule has 2 aromatic carbocycles. The molecule has 0 aliphatic carbocycles. The number of benzene rings is 2. The van der Waals surface area contributed by atoms with Crippen LogP contribution in [-0.4, -0.2) is 18.1 Å². The van der Waals surface area contributed by atoms with Crippen molar-refractivity contribution in [2.45, 2.75) is 19.4 Å². The van der Waals surface area contributed by atoms with Crippen LogP contribution in [-0.2, 0) is 0 Å². The average molecular weight is 329 g/mol. The van der Waals surface area contributed by atoms with Gasteiger partial charge in [0.05, 0.1) is 11.1 Å². The van der Waals surface area contributed by atoms with Crippen LogP contribution in [0.2, 0.25) is 5.02 Å². The van der Waals surface area contributed by atoms with Crippen LogP contribution in [0.1, 0.15) is 22.8 Å². The molecular formula is C18H17ClN2O2. The number of rotatable bonds is 5. The van der Waals surface area contributed by atoms with Gasteiger partial charge >= 0.3 is 0 Å². The van der Waals surface area contributed by atoms with Gasteiger partial charge in [-0.05, 0) is 38.1 Å². The molecule has 4 nitrogen and oxygen atoms in total. The third-order valence-electron chi connectivity index (χ3n) is 3.30. The van der Waals surface area contributed by atoms with Gasteiger partial charge in [0.1, 0.15) is 12.4 Å². The number of aryl methyl sites for hydroxylation is 1. The topological polar surface area (TPSA) is 62.1 Å². The lowest BCUT2D eigenvalue weighted by molar-refractivity contribution is 0.0901. The van der Waals surface area contributed by atoms with E-state index in [-0.39, 0.29) is 12.5 Å². The van der Waals surface area contributed by atoms with E-state index in [2.05, 4.69) is 11.4 Å². The predicted molar refractivity (Wildman–Crippen MR) is 89.6 cm³/mol. The van der Waals surface area contributed by atoms with Crippen LogP contribution < -0.4 is 10.1 Å². The number of hydrogen-bond acceptors (Lipinski definition) is 3. The highest BCUT2D eigenvalue weighted by atomic mass is 35.5. The van der Waals surface area contributed by atoms with E-state index in [0.717, 1.165) is 5.56 Å². The molecule has 0 fully saturated rings. The van der Waals surface area contributed by atoms with Crippen LogP contribution in [0.25, 0.3) is 0 Å². The molecular weight excluding hydrogens is 312 g/mol. The maximum atomic E-state index is 12.3. The first-order valence-corrected chi connectivity index (χ1v) is 7.49. The zero-order valence-electron chi connectivity index (χ0n) is 13.0. The van der Waals surface area contributed by atoms with E-state index in [1.165, 1.54) is 0 Å². The van der Waals surface area contributed by atoms with E-state index in [9.17, 15) is 10.1 Å². The summed E-state index contributed by atoms with van der Waals surface area (Å²) in [5, 5.41) is 12.6. The summed E-state index contributed by atoms with van der Waals surface area (Å²) in [7, 11) is 0. The van der Waals surface area contributed by atoms with Gasteiger partial charge < -0.3 is 10.1 Å². The zero-order valence-corrected chi connectivity index (χ0v) is 13.7. The van der Waals surface area contributed by atoms with Gasteiger partial charge in [0.25, 0.3) is 5.91 Å². The van der Waals surface area contributed by atoms with Crippen molar-refractivity contribution in [2.75, 3.05) is 6.61 Å². The first kappa shape index (κ1) is 16.9. The molecule has 1 N–H and O–H groups in total. The first-order valence-electron chi connectivity index (χ1n) is 7.11. The monoisotopic (exact) mass is 328 g/mol. The second kappa shape index (κ2) is 7.17. The molecule has 0 bridgehead atoms. The molecule has 1 amide bonds. The first-order chi connectivity index (χ1) is 10.9. The minimum atomic E-state index is -1.17. The van der Waals surface area contributed by atoms with E-state index in [1.54, 1.807) is 43.3 Å². The molecule has 118 valence electrons. The number of nitrogens with one attached hydrogen (secondary N) is 1. The number of amides is 1. The van der Waals surface area contributed by atoms with Gasteiger partial charge in [-0.25, -0.2) is 0 Å². The van der Waals surface area contributed by atoms with E-state index < -0.39 is 5.54 Å². The van der Waals surface area contributed by atoms with Crippen molar-refractivity contribution >= 4 is 17.5 Å². The van der Waals surface area contributed by atoms with Gasteiger partial charge in [0, 0.05) is 5.56 Å². The van der Waals surface area contributed by atoms with Crippen LogP contribution in [0.3, 0.4) is 0 Å². The maximum Gasteiger partial charge on any atom is 0.252 e. The highest BCUT2D eigenvalue weighted by molar-refractivity contribution is 6.32. The number of carbonyl (C=O) groups excluding carboxylic acids is 1. The van der Waals surface area contributed by atoms with Crippen molar-refractivity contribution in [3.8, 4) is 11.8 Å². The molecule has 0 aliphatic rings. The minimum Gasteiger partial charge on any atom is -0.488 e. The molecule has 0 heterocycles. The molecule has 0 aromatic heterocycles. The summed E-state index contributed by atoms with van der Waals surface area (Å²) in [6.45, 7) is 3.54. The highest BCUT2D eigenvalue weighted by Gasteiger charge is 2.28. The molecule has 0 saturated carbocycles. The van der Waals surface area contributed by atoms with Gasteiger partial charge in [-0.1, -0.05) is 41.4 Å². The van der Waals surface area contributed by atoms with Crippen molar-refractivity contribution in [1.82, 2.24) is 5.32 Å². The number of halogens is 1. The van der Waals surface area contributed by atoms with E-state index in [0.29, 0.717) is 16.3 Å². The number of carbonyl (C=O) groups is 1. The van der Waals surface area contributed by atoms with Gasteiger partial charge in [-0.2, -0.15) is 5.26 Å². The quantitative estimate of drug-likeness (QED) is 0.909. The van der Waals surface area contributed by atoms with Crippen LogP contribution in [0, 0.1) is 18.3 Å². The highest BCUT2D eigenvalue weighted by Crippen LogP contribution is 2.24. The SMILES string of the molecule is Cc1ccc(C(=O)NC(C)(C#N)COc2ccccc2Cl)cc1. The summed E-state index contributed by atoms with van der Waals surface area (Å²) >= 11 is 6.02. The minimum absolute atomic E-state index is 0.00909. The average Bonchev–Trinajstić information content (AvgIpc) is 2.54. The number of para-hydroxylation sites is 1. The second-order valence-corrected chi connectivity index (χ2v) is 5.89. The number of nitriles is 1. The van der Waals surface area contributed by atoms with Gasteiger partial charge in [-0.15, -0.1) is 0 Å². The van der Waals surface area contributed by atoms with Crippen molar-refractivity contribution in [3.63, 3.8) is 0 Å². The molecule has 5 heteroatoms. The number of hydrogen-bond donors (Lipinski definition) is 1. The molecule has 0 aliphatic heterocycles. The fraction of sp³-hybridized carbons (Fsp3) is 0.222. The largest absolute Gasteiger partial charge is 0.488 e. The van der Waals surface area contributed by atoms with Crippen LogP contribution in [0.5, 0.6) is 5.75 Å². The summed E-state index contributed by atoms with van der Waals surface area (Å²) in [6, 6.07) is 16.2. The summed E-state index contributed by atoms with van der Waals surface area (Å²) < 4.78 is 5.58. The van der Waals surface area contributed by atoms with Gasteiger partial charge in [-0.3, -0.25) is 4.79 Å². The molecule has 1 unspecified atom stereocenters. The Bertz CT molecular complexity index is 737. The normalized spacial score (nSPS) is 12.8. The lowest BCUT2D eigenvalue weighted by Gasteiger charge is -2.23. The zero-order chi connectivity index (χ0) is 16.9. The third-order valence-corrected chi connectivity index (χ3v) is 3.62. The Hall–Kier alpha value is -2.51. The number of nitrogens with zero attached hydrogens (tertiary/aromatic N) is 1. The smallest absolute Gasteiger partial charge is 0.252 e. The standard InChI is InChI=1S/C18H17ClN2O2/c1-13-7-9-14(10-8-13)17(22)21-18(2,11-20)12-23-16-6-4-3-5-15(16)19/h3-10H,12H2,1-2H3,(H,21,22). The Balaban J connectivity index is 2.05. The molecule has 23 heavy (non-hydrogen) atoms. The van der Waals surface area contributed by atoms with Crippen molar-refractivity contribution in [3.05, 3.63) is 64.7 Å². The second-order valence-electron chi connectivity index (χ2n) is 5.48. The van der Waals surface area contributed by atoms with Crippen LogP contribution in [0.4, 0.5) is 0 Å². The molecule has 1 atom stereocenters. The van der Waals surface area contributed by atoms with Crippen LogP contribution in [0.15, 0.2) is 48.5 Å². The molecule has 0 spiro atoms. The van der Waals surface area contributed by atoms with Crippen molar-refractivity contribution in [1.29, 1.82) is 5.26 Å². The fourth-order valence-electron chi connectivity index (χ4n) is 1.91. The van der Waals surface area contributed by atoms with E-state index >= 15 is 0 Å². The Morgan fingerprint density at radius 1 is 1.26 bits per heavy atom. The van der Waals surface area contributed by atoms with Crippen molar-refractivity contribution in [2.24, 2.45) is 0 Å².